The van der Waals surface area contributed by atoms with Gasteiger partial charge in [0.25, 0.3) is 5.91 Å². The second-order valence-electron chi connectivity index (χ2n) is 6.35. The first-order valence-corrected chi connectivity index (χ1v) is 9.12. The molecule has 1 unspecified atom stereocenters. The number of amides is 1. The van der Waals surface area contributed by atoms with E-state index in [1.54, 1.807) is 36.2 Å². The van der Waals surface area contributed by atoms with Crippen LogP contribution in [0.3, 0.4) is 0 Å². The summed E-state index contributed by atoms with van der Waals surface area (Å²) in [5, 5.41) is 8.77. The Morgan fingerprint density at radius 2 is 2.04 bits per heavy atom. The van der Waals surface area contributed by atoms with Crippen LogP contribution in [-0.2, 0) is 0 Å². The van der Waals surface area contributed by atoms with Crippen LogP contribution < -0.4 is 10.1 Å². The highest BCUT2D eigenvalue weighted by Gasteiger charge is 2.18. The Bertz CT molecular complexity index is 1150. The Morgan fingerprint density at radius 1 is 1.21 bits per heavy atom. The number of nitrogens with zero attached hydrogens (tertiary/aromatic N) is 2. The third-order valence-electron chi connectivity index (χ3n) is 4.42. The third-order valence-corrected chi connectivity index (χ3v) is 4.65. The van der Waals surface area contributed by atoms with Gasteiger partial charge in [-0.05, 0) is 43.3 Å². The van der Waals surface area contributed by atoms with E-state index in [-0.39, 0.29) is 11.9 Å². The zero-order chi connectivity index (χ0) is 19.7. The number of hydrogen-bond donors (Lipinski definition) is 1. The van der Waals surface area contributed by atoms with Gasteiger partial charge in [0.1, 0.15) is 5.76 Å². The number of ether oxygens (including phenoxy) is 1. The van der Waals surface area contributed by atoms with Gasteiger partial charge in [-0.3, -0.25) is 4.79 Å². The first-order valence-electron chi connectivity index (χ1n) is 8.74. The van der Waals surface area contributed by atoms with Gasteiger partial charge in [0.05, 0.1) is 18.8 Å². The minimum Gasteiger partial charge on any atom is -0.493 e. The quantitative estimate of drug-likeness (QED) is 0.528. The molecule has 0 fully saturated rings. The molecule has 1 N–H and O–H groups in total. The van der Waals surface area contributed by atoms with Crippen molar-refractivity contribution in [3.8, 4) is 11.4 Å². The lowest BCUT2D eigenvalue weighted by atomic mass is 10.2. The van der Waals surface area contributed by atoms with Crippen LogP contribution in [0.4, 0.5) is 0 Å². The molecule has 0 aliphatic rings. The SMILES string of the molecule is COc1cccc2cc(C(C)NC(=O)c3ccn(-c4cccc(Cl)c4)n3)oc12. The van der Waals surface area contributed by atoms with Crippen LogP contribution in [0.2, 0.25) is 5.02 Å². The standard InChI is InChI=1S/C21H18ClN3O3/c1-13(19-11-14-5-3-8-18(27-2)20(14)28-19)23-21(26)17-9-10-25(24-17)16-7-4-6-15(22)12-16/h3-13H,1-2H3,(H,23,26). The Hall–Kier alpha value is -3.25. The normalized spacial score (nSPS) is 12.1. The summed E-state index contributed by atoms with van der Waals surface area (Å²) in [6.07, 6.45) is 1.72. The van der Waals surface area contributed by atoms with Gasteiger partial charge in [0, 0.05) is 16.6 Å². The summed E-state index contributed by atoms with van der Waals surface area (Å²) in [5.41, 5.74) is 1.75. The fourth-order valence-corrected chi connectivity index (χ4v) is 3.16. The predicted molar refractivity (Wildman–Crippen MR) is 107 cm³/mol. The molecule has 1 atom stereocenters. The van der Waals surface area contributed by atoms with Gasteiger partial charge in [-0.25, -0.2) is 4.68 Å². The molecule has 142 valence electrons. The molecule has 28 heavy (non-hydrogen) atoms. The number of carbonyl (C=O) groups is 1. The van der Waals surface area contributed by atoms with Crippen LogP contribution >= 0.6 is 11.6 Å². The molecule has 7 heteroatoms. The minimum absolute atomic E-state index is 0.291. The molecule has 0 bridgehead atoms. The van der Waals surface area contributed by atoms with Crippen LogP contribution in [0.5, 0.6) is 5.75 Å². The molecule has 4 aromatic rings. The number of hydrogen-bond acceptors (Lipinski definition) is 4. The van der Waals surface area contributed by atoms with Crippen LogP contribution in [0.15, 0.2) is 65.2 Å². The van der Waals surface area contributed by atoms with Gasteiger partial charge < -0.3 is 14.5 Å². The first kappa shape index (κ1) is 18.1. The van der Waals surface area contributed by atoms with E-state index in [2.05, 4.69) is 10.4 Å². The van der Waals surface area contributed by atoms with Crippen molar-refractivity contribution in [2.24, 2.45) is 0 Å². The Morgan fingerprint density at radius 3 is 2.82 bits per heavy atom. The van der Waals surface area contributed by atoms with Gasteiger partial charge >= 0.3 is 0 Å². The molecule has 4 rings (SSSR count). The molecule has 0 aliphatic heterocycles. The highest BCUT2D eigenvalue weighted by Crippen LogP contribution is 2.30. The Balaban J connectivity index is 1.52. The summed E-state index contributed by atoms with van der Waals surface area (Å²) < 4.78 is 12.8. The summed E-state index contributed by atoms with van der Waals surface area (Å²) >= 11 is 6.02. The average Bonchev–Trinajstić information content (AvgIpc) is 3.35. The van der Waals surface area contributed by atoms with Crippen molar-refractivity contribution >= 4 is 28.5 Å². The number of furan rings is 1. The number of benzene rings is 2. The first-order chi connectivity index (χ1) is 13.5. The number of halogens is 1. The second-order valence-corrected chi connectivity index (χ2v) is 6.78. The van der Waals surface area contributed by atoms with Gasteiger partial charge in [0.2, 0.25) is 0 Å². The lowest BCUT2D eigenvalue weighted by Crippen LogP contribution is -2.26. The molecular formula is C21H18ClN3O3. The van der Waals surface area contributed by atoms with Crippen molar-refractivity contribution in [2.75, 3.05) is 7.11 Å². The van der Waals surface area contributed by atoms with Crippen LogP contribution in [0.1, 0.15) is 29.2 Å². The number of rotatable bonds is 5. The van der Waals surface area contributed by atoms with Crippen molar-refractivity contribution in [2.45, 2.75) is 13.0 Å². The number of carbonyl (C=O) groups excluding carboxylic acids is 1. The summed E-state index contributed by atoms with van der Waals surface area (Å²) in [6.45, 7) is 1.86. The summed E-state index contributed by atoms with van der Waals surface area (Å²) in [6, 6.07) is 16.1. The molecule has 0 aliphatic carbocycles. The number of methoxy groups -OCH3 is 1. The van der Waals surface area contributed by atoms with Crippen molar-refractivity contribution in [1.29, 1.82) is 0 Å². The molecule has 6 nitrogen and oxygen atoms in total. The maximum atomic E-state index is 12.6. The molecular weight excluding hydrogens is 378 g/mol. The van der Waals surface area contributed by atoms with Crippen molar-refractivity contribution in [1.82, 2.24) is 15.1 Å². The monoisotopic (exact) mass is 395 g/mol. The Labute approximate surface area is 166 Å². The number of aromatic nitrogens is 2. The van der Waals surface area contributed by atoms with Gasteiger partial charge in [-0.15, -0.1) is 0 Å². The van der Waals surface area contributed by atoms with Crippen molar-refractivity contribution in [3.05, 3.63) is 77.3 Å². The summed E-state index contributed by atoms with van der Waals surface area (Å²) in [7, 11) is 1.60. The zero-order valence-corrected chi connectivity index (χ0v) is 16.1. The molecule has 1 amide bonds. The highest BCUT2D eigenvalue weighted by molar-refractivity contribution is 6.30. The molecule has 2 aromatic carbocycles. The second kappa shape index (κ2) is 7.40. The molecule has 0 saturated heterocycles. The molecule has 0 radical (unpaired) electrons. The maximum Gasteiger partial charge on any atom is 0.272 e. The maximum absolute atomic E-state index is 12.6. The predicted octanol–water partition coefficient (Wildman–Crippen LogP) is 4.77. The highest BCUT2D eigenvalue weighted by atomic mass is 35.5. The van der Waals surface area contributed by atoms with E-state index in [1.807, 2.05) is 43.3 Å². The largest absolute Gasteiger partial charge is 0.493 e. The summed E-state index contributed by atoms with van der Waals surface area (Å²) in [5.74, 6) is 1.00. The third kappa shape index (κ3) is 3.46. The summed E-state index contributed by atoms with van der Waals surface area (Å²) in [4.78, 5) is 12.6. The van der Waals surface area contributed by atoms with Crippen LogP contribution in [-0.4, -0.2) is 22.8 Å². The van der Waals surface area contributed by atoms with Gasteiger partial charge in [-0.1, -0.05) is 29.8 Å². The topological polar surface area (TPSA) is 69.3 Å². The van der Waals surface area contributed by atoms with Crippen molar-refractivity contribution in [3.63, 3.8) is 0 Å². The van der Waals surface area contributed by atoms with Crippen LogP contribution in [0, 0.1) is 0 Å². The molecule has 0 saturated carbocycles. The number of nitrogens with one attached hydrogen (secondary N) is 1. The van der Waals surface area contributed by atoms with Gasteiger partial charge in [0.15, 0.2) is 17.0 Å². The van der Waals surface area contributed by atoms with E-state index in [1.165, 1.54) is 0 Å². The fraction of sp³-hybridized carbons (Fsp3) is 0.143. The Kier molecular flexibility index (Phi) is 4.79. The minimum atomic E-state index is -0.332. The molecule has 2 aromatic heterocycles. The zero-order valence-electron chi connectivity index (χ0n) is 15.3. The van der Waals surface area contributed by atoms with E-state index in [0.29, 0.717) is 27.8 Å². The van der Waals surface area contributed by atoms with Gasteiger partial charge in [-0.2, -0.15) is 5.10 Å². The number of para-hydroxylation sites is 1. The van der Waals surface area contributed by atoms with E-state index >= 15 is 0 Å². The van der Waals surface area contributed by atoms with Crippen molar-refractivity contribution < 1.29 is 13.9 Å². The van der Waals surface area contributed by atoms with E-state index < -0.39 is 0 Å². The molecule has 2 heterocycles. The lowest BCUT2D eigenvalue weighted by Gasteiger charge is -2.10. The van der Waals surface area contributed by atoms with Crippen LogP contribution in [0.25, 0.3) is 16.7 Å². The number of fused-ring (bicyclic) bond motifs is 1. The van der Waals surface area contributed by atoms with E-state index in [0.717, 1.165) is 11.1 Å². The van der Waals surface area contributed by atoms with E-state index in [9.17, 15) is 4.79 Å². The molecule has 0 spiro atoms. The lowest BCUT2D eigenvalue weighted by molar-refractivity contribution is 0.0930. The fourth-order valence-electron chi connectivity index (χ4n) is 2.98. The average molecular weight is 396 g/mol. The van der Waals surface area contributed by atoms with E-state index in [4.69, 9.17) is 20.8 Å². The smallest absolute Gasteiger partial charge is 0.272 e.